The molecule has 27 heavy (non-hydrogen) atoms. The molecule has 0 aliphatic carbocycles. The molecule has 0 aliphatic heterocycles. The molecule has 0 aromatic heterocycles. The fourth-order valence-electron chi connectivity index (χ4n) is 2.59. The Balaban J connectivity index is 0. The number of hydrogen-bond donors (Lipinski definition) is 5. The van der Waals surface area contributed by atoms with Gasteiger partial charge in [0.1, 0.15) is 0 Å². The van der Waals surface area contributed by atoms with Crippen LogP contribution in [0.25, 0.3) is 0 Å². The van der Waals surface area contributed by atoms with Crippen molar-refractivity contribution in [2.24, 2.45) is 5.92 Å². The van der Waals surface area contributed by atoms with Crippen LogP contribution in [-0.2, 0) is 9.59 Å². The number of rotatable bonds is 17. The first-order valence-electron chi connectivity index (χ1n) is 9.95. The largest absolute Gasteiger partial charge is 0.481 e. The molecule has 0 aliphatic rings. The number of carboxylic acid groups (broad SMARTS) is 2. The Bertz CT molecular complexity index is 325. The Morgan fingerprint density at radius 2 is 1.07 bits per heavy atom. The van der Waals surface area contributed by atoms with Crippen molar-refractivity contribution in [2.45, 2.75) is 64.7 Å². The summed E-state index contributed by atoms with van der Waals surface area (Å²) in [5.74, 6) is -3.67. The third-order valence-electron chi connectivity index (χ3n) is 4.19. The van der Waals surface area contributed by atoms with Crippen molar-refractivity contribution < 1.29 is 35.1 Å². The van der Waals surface area contributed by atoms with Crippen LogP contribution in [0.15, 0.2) is 0 Å². The van der Waals surface area contributed by atoms with Crippen molar-refractivity contribution in [3.8, 4) is 0 Å². The summed E-state index contributed by atoms with van der Waals surface area (Å²) in [6.07, 6.45) is 9.14. The zero-order chi connectivity index (χ0) is 20.9. The molecule has 5 N–H and O–H groups in total. The lowest BCUT2D eigenvalue weighted by atomic mass is 10.0. The molecule has 0 atom stereocenters. The molecule has 162 valence electrons. The molecule has 0 rings (SSSR count). The molecule has 0 bridgehead atoms. The van der Waals surface area contributed by atoms with E-state index in [1.165, 1.54) is 32.1 Å². The van der Waals surface area contributed by atoms with Gasteiger partial charge < -0.3 is 25.5 Å². The highest BCUT2D eigenvalue weighted by Gasteiger charge is 2.24. The van der Waals surface area contributed by atoms with Gasteiger partial charge in [-0.2, -0.15) is 0 Å². The van der Waals surface area contributed by atoms with Gasteiger partial charge in [0.2, 0.25) is 0 Å². The average Bonchev–Trinajstić information content (AvgIpc) is 2.61. The normalized spacial score (nSPS) is 10.7. The summed E-state index contributed by atoms with van der Waals surface area (Å²) in [5, 5.41) is 42.8. The molecule has 0 radical (unpaired) electrons. The summed E-state index contributed by atoms with van der Waals surface area (Å²) in [6, 6.07) is 0. The highest BCUT2D eigenvalue weighted by molar-refractivity contribution is 5.92. The fraction of sp³-hybridized carbons (Fsp3) is 0.895. The smallest absolute Gasteiger partial charge is 0.317 e. The summed E-state index contributed by atoms with van der Waals surface area (Å²) in [5.41, 5.74) is 0. The quantitative estimate of drug-likeness (QED) is 0.185. The minimum atomic E-state index is -1.23. The highest BCUT2D eigenvalue weighted by atomic mass is 16.4. The summed E-state index contributed by atoms with van der Waals surface area (Å²) >= 11 is 0. The number of aliphatic carboxylic acids is 2. The predicted molar refractivity (Wildman–Crippen MR) is 104 cm³/mol. The van der Waals surface area contributed by atoms with Gasteiger partial charge in [0, 0.05) is 19.6 Å². The molecule has 0 amide bonds. The van der Waals surface area contributed by atoms with Crippen molar-refractivity contribution in [1.82, 2.24) is 4.90 Å². The van der Waals surface area contributed by atoms with Crippen LogP contribution in [0.5, 0.6) is 0 Å². The van der Waals surface area contributed by atoms with E-state index in [9.17, 15) is 9.59 Å². The van der Waals surface area contributed by atoms with Crippen LogP contribution in [0.4, 0.5) is 0 Å². The van der Waals surface area contributed by atoms with E-state index in [4.69, 9.17) is 25.5 Å². The van der Waals surface area contributed by atoms with E-state index >= 15 is 0 Å². The van der Waals surface area contributed by atoms with Crippen LogP contribution >= 0.6 is 0 Å². The molecule has 8 nitrogen and oxygen atoms in total. The van der Waals surface area contributed by atoms with E-state index in [-0.39, 0.29) is 26.2 Å². The summed E-state index contributed by atoms with van der Waals surface area (Å²) in [4.78, 5) is 23.0. The van der Waals surface area contributed by atoms with Gasteiger partial charge in [0.25, 0.3) is 0 Å². The first kappa shape index (κ1) is 28.0. The number of carbonyl (C=O) groups is 2. The van der Waals surface area contributed by atoms with Gasteiger partial charge in [0.15, 0.2) is 5.92 Å². The Morgan fingerprint density at radius 3 is 1.41 bits per heavy atom. The van der Waals surface area contributed by atoms with Crippen molar-refractivity contribution in [3.05, 3.63) is 0 Å². The van der Waals surface area contributed by atoms with Crippen LogP contribution < -0.4 is 0 Å². The second kappa shape index (κ2) is 21.1. The lowest BCUT2D eigenvalue weighted by Gasteiger charge is -2.17. The van der Waals surface area contributed by atoms with E-state index in [2.05, 4.69) is 6.92 Å². The molecular weight excluding hydrogens is 354 g/mol. The van der Waals surface area contributed by atoms with Gasteiger partial charge in [-0.1, -0.05) is 58.3 Å². The van der Waals surface area contributed by atoms with E-state index in [0.29, 0.717) is 26.1 Å². The van der Waals surface area contributed by atoms with Gasteiger partial charge >= 0.3 is 11.9 Å². The van der Waals surface area contributed by atoms with E-state index in [1.54, 1.807) is 4.90 Å². The molecule has 0 aromatic rings. The SMILES string of the molecule is CCCCCCCCCCC(C(=O)O)C(=O)O.OCCN(CCO)CCO. The molecule has 0 heterocycles. The molecule has 0 fully saturated rings. The second-order valence-corrected chi connectivity index (χ2v) is 6.51. The Kier molecular flexibility index (Phi) is 21.9. The third-order valence-corrected chi connectivity index (χ3v) is 4.19. The number of aliphatic hydroxyl groups is 3. The fourth-order valence-corrected chi connectivity index (χ4v) is 2.59. The molecule has 0 saturated carbocycles. The summed E-state index contributed by atoms with van der Waals surface area (Å²) in [6.45, 7) is 3.93. The van der Waals surface area contributed by atoms with Gasteiger partial charge in [-0.25, -0.2) is 0 Å². The van der Waals surface area contributed by atoms with Crippen molar-refractivity contribution >= 4 is 11.9 Å². The Morgan fingerprint density at radius 1 is 0.704 bits per heavy atom. The molecule has 0 spiro atoms. The number of aliphatic hydroxyl groups excluding tert-OH is 3. The molecule has 8 heteroatoms. The monoisotopic (exact) mass is 393 g/mol. The van der Waals surface area contributed by atoms with Gasteiger partial charge in [-0.3, -0.25) is 14.5 Å². The molecule has 0 saturated heterocycles. The first-order chi connectivity index (χ1) is 12.9. The van der Waals surface area contributed by atoms with Gasteiger partial charge in [-0.05, 0) is 6.42 Å². The van der Waals surface area contributed by atoms with Crippen molar-refractivity contribution in [3.63, 3.8) is 0 Å². The van der Waals surface area contributed by atoms with Crippen molar-refractivity contribution in [2.75, 3.05) is 39.5 Å². The van der Waals surface area contributed by atoms with Gasteiger partial charge in [0.05, 0.1) is 19.8 Å². The highest BCUT2D eigenvalue weighted by Crippen LogP contribution is 2.13. The van der Waals surface area contributed by atoms with Crippen LogP contribution in [0.1, 0.15) is 64.7 Å². The minimum absolute atomic E-state index is 0.0694. The van der Waals surface area contributed by atoms with Crippen LogP contribution in [0.3, 0.4) is 0 Å². The van der Waals surface area contributed by atoms with Crippen LogP contribution in [0.2, 0.25) is 0 Å². The minimum Gasteiger partial charge on any atom is -0.481 e. The lowest BCUT2D eigenvalue weighted by Crippen LogP contribution is -2.32. The summed E-state index contributed by atoms with van der Waals surface area (Å²) < 4.78 is 0. The number of hydrogen-bond acceptors (Lipinski definition) is 6. The van der Waals surface area contributed by atoms with E-state index in [1.807, 2.05) is 0 Å². The predicted octanol–water partition coefficient (Wildman–Crippen LogP) is 1.57. The lowest BCUT2D eigenvalue weighted by molar-refractivity contribution is -0.154. The van der Waals surface area contributed by atoms with Crippen molar-refractivity contribution in [1.29, 1.82) is 0 Å². The number of carboxylic acids is 2. The zero-order valence-corrected chi connectivity index (χ0v) is 16.7. The van der Waals surface area contributed by atoms with E-state index < -0.39 is 17.9 Å². The number of unbranched alkanes of at least 4 members (excludes halogenated alkanes) is 7. The zero-order valence-electron chi connectivity index (χ0n) is 16.7. The molecular formula is C19H39NO7. The second-order valence-electron chi connectivity index (χ2n) is 6.51. The Hall–Kier alpha value is -1.22. The summed E-state index contributed by atoms with van der Waals surface area (Å²) in [7, 11) is 0. The average molecular weight is 394 g/mol. The first-order valence-corrected chi connectivity index (χ1v) is 9.95. The Labute approximate surface area is 162 Å². The van der Waals surface area contributed by atoms with Crippen LogP contribution in [0, 0.1) is 5.92 Å². The number of nitrogens with zero attached hydrogens (tertiary/aromatic N) is 1. The maximum atomic E-state index is 10.6. The molecule has 0 aromatic carbocycles. The molecule has 0 unspecified atom stereocenters. The van der Waals surface area contributed by atoms with E-state index in [0.717, 1.165) is 12.8 Å². The standard InChI is InChI=1S/C13H24O4.C6H15NO3/c1-2-3-4-5-6-7-8-9-10-11(12(14)15)13(16)17;8-4-1-7(2-5-9)3-6-10/h11H,2-10H2,1H3,(H,14,15)(H,16,17);8-10H,1-6H2. The van der Waals surface area contributed by atoms with Crippen LogP contribution in [-0.4, -0.2) is 81.8 Å². The maximum Gasteiger partial charge on any atom is 0.317 e. The third kappa shape index (κ3) is 19.3. The van der Waals surface area contributed by atoms with Gasteiger partial charge in [-0.15, -0.1) is 0 Å². The maximum absolute atomic E-state index is 10.6. The topological polar surface area (TPSA) is 139 Å².